The molecule has 0 aliphatic heterocycles. The number of nitrogens with zero attached hydrogens (tertiary/aromatic N) is 2. The van der Waals surface area contributed by atoms with Gasteiger partial charge in [0.1, 0.15) is 11.5 Å². The normalized spacial score (nSPS) is 9.57. The van der Waals surface area contributed by atoms with Crippen LogP contribution in [0.25, 0.3) is 0 Å². The van der Waals surface area contributed by atoms with Gasteiger partial charge in [0, 0.05) is 14.0 Å². The first kappa shape index (κ1) is 10.2. The Balaban J connectivity index is 3.05. The Morgan fingerprint density at radius 1 is 1.43 bits per heavy atom. The molecule has 1 aromatic heterocycles. The number of nitrogens with two attached hydrogens (primary N) is 1. The third-order valence-electron chi connectivity index (χ3n) is 1.80. The molecule has 74 valence electrons. The highest BCUT2D eigenvalue weighted by Crippen LogP contribution is 2.09. The molecule has 0 saturated heterocycles. The van der Waals surface area contributed by atoms with Gasteiger partial charge in [-0.2, -0.15) is 0 Å². The second kappa shape index (κ2) is 3.87. The van der Waals surface area contributed by atoms with E-state index < -0.39 is 5.91 Å². The zero-order chi connectivity index (χ0) is 10.7. The number of primary amides is 1. The molecule has 2 N–H and O–H groups in total. The van der Waals surface area contributed by atoms with Gasteiger partial charge in [-0.1, -0.05) is 6.07 Å². The fourth-order valence-electron chi connectivity index (χ4n) is 0.909. The van der Waals surface area contributed by atoms with Crippen LogP contribution < -0.4 is 10.6 Å². The molecule has 14 heavy (non-hydrogen) atoms. The lowest BCUT2D eigenvalue weighted by atomic mass is 10.3. The van der Waals surface area contributed by atoms with Gasteiger partial charge in [0.2, 0.25) is 5.91 Å². The van der Waals surface area contributed by atoms with Crippen molar-refractivity contribution >= 4 is 17.6 Å². The van der Waals surface area contributed by atoms with E-state index >= 15 is 0 Å². The maximum atomic E-state index is 11.0. The monoisotopic (exact) mass is 193 g/mol. The van der Waals surface area contributed by atoms with Crippen molar-refractivity contribution in [1.29, 1.82) is 0 Å². The summed E-state index contributed by atoms with van der Waals surface area (Å²) < 4.78 is 0. The third-order valence-corrected chi connectivity index (χ3v) is 1.80. The molecule has 1 heterocycles. The maximum absolute atomic E-state index is 11.0. The quantitative estimate of drug-likeness (QED) is 0.727. The number of rotatable bonds is 2. The SMILES string of the molecule is CC(=O)N(C)c1cccc(C(N)=O)n1. The number of amides is 2. The number of hydrogen-bond acceptors (Lipinski definition) is 3. The van der Waals surface area contributed by atoms with Crippen LogP contribution in [0, 0.1) is 0 Å². The van der Waals surface area contributed by atoms with Crippen LogP contribution in [0.5, 0.6) is 0 Å². The average Bonchev–Trinajstić information content (AvgIpc) is 2.16. The van der Waals surface area contributed by atoms with Crippen molar-refractivity contribution in [1.82, 2.24) is 4.98 Å². The van der Waals surface area contributed by atoms with Crippen LogP contribution in [0.1, 0.15) is 17.4 Å². The largest absolute Gasteiger partial charge is 0.364 e. The standard InChI is InChI=1S/C9H11N3O2/c1-6(13)12(2)8-5-3-4-7(11-8)9(10)14/h3-5H,1-2H3,(H2,10,14). The van der Waals surface area contributed by atoms with Crippen LogP contribution in [0.15, 0.2) is 18.2 Å². The summed E-state index contributed by atoms with van der Waals surface area (Å²) in [6.45, 7) is 1.42. The molecule has 0 fully saturated rings. The highest BCUT2D eigenvalue weighted by molar-refractivity contribution is 5.93. The van der Waals surface area contributed by atoms with Crippen molar-refractivity contribution in [2.45, 2.75) is 6.92 Å². The Hall–Kier alpha value is -1.91. The molecule has 0 aliphatic rings. The summed E-state index contributed by atoms with van der Waals surface area (Å²) in [7, 11) is 1.58. The Bertz CT molecular complexity index is 376. The zero-order valence-electron chi connectivity index (χ0n) is 8.02. The van der Waals surface area contributed by atoms with E-state index in [2.05, 4.69) is 4.98 Å². The molecule has 0 saturated carbocycles. The molecular weight excluding hydrogens is 182 g/mol. The van der Waals surface area contributed by atoms with E-state index in [9.17, 15) is 9.59 Å². The third kappa shape index (κ3) is 2.07. The summed E-state index contributed by atoms with van der Waals surface area (Å²) in [6.07, 6.45) is 0. The zero-order valence-corrected chi connectivity index (χ0v) is 8.02. The number of carbonyl (C=O) groups is 2. The minimum Gasteiger partial charge on any atom is -0.364 e. The molecule has 0 atom stereocenters. The lowest BCUT2D eigenvalue weighted by Crippen LogP contribution is -2.25. The van der Waals surface area contributed by atoms with Crippen molar-refractivity contribution < 1.29 is 9.59 Å². The van der Waals surface area contributed by atoms with Crippen LogP contribution in [-0.2, 0) is 4.79 Å². The average molecular weight is 193 g/mol. The van der Waals surface area contributed by atoms with Crippen molar-refractivity contribution in [3.05, 3.63) is 23.9 Å². The van der Waals surface area contributed by atoms with Crippen LogP contribution in [0.4, 0.5) is 5.82 Å². The number of aromatic nitrogens is 1. The molecule has 5 nitrogen and oxygen atoms in total. The fraction of sp³-hybridized carbons (Fsp3) is 0.222. The minimum absolute atomic E-state index is 0.149. The van der Waals surface area contributed by atoms with E-state index in [-0.39, 0.29) is 11.6 Å². The lowest BCUT2D eigenvalue weighted by Gasteiger charge is -2.13. The van der Waals surface area contributed by atoms with Crippen molar-refractivity contribution in [2.24, 2.45) is 5.73 Å². The van der Waals surface area contributed by atoms with E-state index in [4.69, 9.17) is 5.73 Å². The second-order valence-electron chi connectivity index (χ2n) is 2.82. The summed E-state index contributed by atoms with van der Waals surface area (Å²) in [4.78, 5) is 27.1. The number of hydrogen-bond donors (Lipinski definition) is 1. The predicted molar refractivity (Wildman–Crippen MR) is 51.8 cm³/mol. The van der Waals surface area contributed by atoms with Gasteiger partial charge in [-0.25, -0.2) is 4.98 Å². The van der Waals surface area contributed by atoms with Gasteiger partial charge in [-0.3, -0.25) is 9.59 Å². The summed E-state index contributed by atoms with van der Waals surface area (Å²) >= 11 is 0. The summed E-state index contributed by atoms with van der Waals surface area (Å²) in [5, 5.41) is 0. The molecular formula is C9H11N3O2. The number of carbonyl (C=O) groups excluding carboxylic acids is 2. The van der Waals surface area contributed by atoms with Crippen molar-refractivity contribution in [3.8, 4) is 0 Å². The van der Waals surface area contributed by atoms with Crippen LogP contribution >= 0.6 is 0 Å². The van der Waals surface area contributed by atoms with E-state index in [1.165, 1.54) is 17.9 Å². The van der Waals surface area contributed by atoms with E-state index in [1.54, 1.807) is 19.2 Å². The highest BCUT2D eigenvalue weighted by Gasteiger charge is 2.09. The molecule has 0 bridgehead atoms. The van der Waals surface area contributed by atoms with Crippen LogP contribution in [0.3, 0.4) is 0 Å². The minimum atomic E-state index is -0.608. The number of pyridine rings is 1. The molecule has 1 aromatic rings. The first-order valence-corrected chi connectivity index (χ1v) is 4.03. The Morgan fingerprint density at radius 2 is 2.07 bits per heavy atom. The highest BCUT2D eigenvalue weighted by atomic mass is 16.2. The molecule has 2 amide bonds. The molecule has 0 aliphatic carbocycles. The molecule has 0 spiro atoms. The van der Waals surface area contributed by atoms with Gasteiger partial charge in [-0.15, -0.1) is 0 Å². The van der Waals surface area contributed by atoms with Gasteiger partial charge in [0.15, 0.2) is 0 Å². The van der Waals surface area contributed by atoms with E-state index in [1.807, 2.05) is 0 Å². The van der Waals surface area contributed by atoms with E-state index in [0.29, 0.717) is 5.82 Å². The van der Waals surface area contributed by atoms with Gasteiger partial charge < -0.3 is 10.6 Å². The molecule has 0 unspecified atom stereocenters. The van der Waals surface area contributed by atoms with Gasteiger partial charge in [0.05, 0.1) is 0 Å². The number of anilines is 1. The molecule has 0 radical (unpaired) electrons. The Kier molecular flexibility index (Phi) is 2.81. The summed E-state index contributed by atoms with van der Waals surface area (Å²) in [5.41, 5.74) is 5.20. The topological polar surface area (TPSA) is 76.3 Å². The molecule has 0 aromatic carbocycles. The fourth-order valence-corrected chi connectivity index (χ4v) is 0.909. The predicted octanol–water partition coefficient (Wildman–Crippen LogP) is 0.163. The molecule has 1 rings (SSSR count). The summed E-state index contributed by atoms with van der Waals surface area (Å²) in [6, 6.07) is 4.76. The maximum Gasteiger partial charge on any atom is 0.267 e. The first-order chi connectivity index (χ1) is 6.52. The van der Waals surface area contributed by atoms with Crippen molar-refractivity contribution in [3.63, 3.8) is 0 Å². The molecule has 5 heteroatoms. The second-order valence-corrected chi connectivity index (χ2v) is 2.82. The summed E-state index contributed by atoms with van der Waals surface area (Å²) in [5.74, 6) is -0.350. The van der Waals surface area contributed by atoms with Crippen molar-refractivity contribution in [2.75, 3.05) is 11.9 Å². The first-order valence-electron chi connectivity index (χ1n) is 4.03. The van der Waals surface area contributed by atoms with Crippen LogP contribution in [-0.4, -0.2) is 23.8 Å². The Morgan fingerprint density at radius 3 is 2.57 bits per heavy atom. The van der Waals surface area contributed by atoms with Crippen LogP contribution in [0.2, 0.25) is 0 Å². The smallest absolute Gasteiger partial charge is 0.267 e. The van der Waals surface area contributed by atoms with Gasteiger partial charge in [0.25, 0.3) is 5.91 Å². The van der Waals surface area contributed by atoms with Gasteiger partial charge in [-0.05, 0) is 12.1 Å². The Labute approximate surface area is 81.5 Å². The lowest BCUT2D eigenvalue weighted by molar-refractivity contribution is -0.116. The van der Waals surface area contributed by atoms with E-state index in [0.717, 1.165) is 0 Å². The van der Waals surface area contributed by atoms with Gasteiger partial charge >= 0.3 is 0 Å².